The van der Waals surface area contributed by atoms with Gasteiger partial charge in [0.15, 0.2) is 0 Å². The second-order valence-corrected chi connectivity index (χ2v) is 11.0. The highest BCUT2D eigenvalue weighted by Gasteiger charge is 2.31. The lowest BCUT2D eigenvalue weighted by Crippen LogP contribution is -2.42. The van der Waals surface area contributed by atoms with Crippen LogP contribution in [0.1, 0.15) is 36.8 Å². The van der Waals surface area contributed by atoms with E-state index in [0.717, 1.165) is 84.8 Å². The molecule has 0 saturated carbocycles. The molecule has 1 fully saturated rings. The summed E-state index contributed by atoms with van der Waals surface area (Å²) in [5, 5.41) is 10.6. The van der Waals surface area contributed by atoms with E-state index in [1.807, 2.05) is 30.5 Å². The third-order valence-corrected chi connectivity index (χ3v) is 8.32. The zero-order chi connectivity index (χ0) is 27.1. The summed E-state index contributed by atoms with van der Waals surface area (Å²) in [6.07, 6.45) is 1.46. The zero-order valence-corrected chi connectivity index (χ0v) is 22.2. The number of carboxylic acids is 1. The molecule has 3 aromatic rings. The van der Waals surface area contributed by atoms with Crippen LogP contribution >= 0.6 is 11.8 Å². The van der Waals surface area contributed by atoms with Gasteiger partial charge in [0.2, 0.25) is 0 Å². The lowest BCUT2D eigenvalue weighted by Gasteiger charge is -2.38. The Hall–Kier alpha value is -2.78. The molecule has 0 radical (unpaired) electrons. The van der Waals surface area contributed by atoms with E-state index in [0.29, 0.717) is 5.92 Å². The third-order valence-electron chi connectivity index (χ3n) is 7.33. The maximum absolute atomic E-state index is 12.8. The van der Waals surface area contributed by atoms with E-state index in [-0.39, 0.29) is 12.3 Å². The molecule has 1 N–H and O–H groups in total. The molecule has 1 aliphatic heterocycles. The summed E-state index contributed by atoms with van der Waals surface area (Å²) in [7, 11) is 1.65. The van der Waals surface area contributed by atoms with Gasteiger partial charge in [-0.05, 0) is 98.2 Å². The predicted molar refractivity (Wildman–Crippen MR) is 144 cm³/mol. The molecule has 0 bridgehead atoms. The van der Waals surface area contributed by atoms with Gasteiger partial charge in [0.1, 0.15) is 5.75 Å². The van der Waals surface area contributed by atoms with E-state index in [1.54, 1.807) is 7.11 Å². The monoisotopic (exact) mass is 546 g/mol. The number of alkyl halides is 3. The molecule has 1 aliphatic rings. The number of hydrogen-bond acceptors (Lipinski definition) is 5. The highest BCUT2D eigenvalue weighted by Crippen LogP contribution is 2.33. The van der Waals surface area contributed by atoms with Gasteiger partial charge in [-0.15, -0.1) is 11.8 Å². The van der Waals surface area contributed by atoms with Gasteiger partial charge >= 0.3 is 12.1 Å². The van der Waals surface area contributed by atoms with Gasteiger partial charge in [0.05, 0.1) is 18.2 Å². The number of aromatic nitrogens is 1. The smallest absolute Gasteiger partial charge is 0.416 e. The number of benzene rings is 2. The number of methoxy groups -OCH3 is 1. The molecule has 204 valence electrons. The van der Waals surface area contributed by atoms with E-state index >= 15 is 0 Å². The van der Waals surface area contributed by atoms with Gasteiger partial charge in [0, 0.05) is 41.7 Å². The van der Waals surface area contributed by atoms with Crippen LogP contribution in [-0.4, -0.2) is 53.5 Å². The maximum Gasteiger partial charge on any atom is 0.416 e. The topological polar surface area (TPSA) is 62.7 Å². The highest BCUT2D eigenvalue weighted by atomic mass is 32.2. The number of rotatable bonds is 11. The number of carboxylic acid groups (broad SMARTS) is 1. The van der Waals surface area contributed by atoms with Gasteiger partial charge in [-0.3, -0.25) is 9.78 Å². The van der Waals surface area contributed by atoms with Crippen LogP contribution in [0.5, 0.6) is 5.75 Å². The molecule has 5 nitrogen and oxygen atoms in total. The Morgan fingerprint density at radius 1 is 1.16 bits per heavy atom. The molecule has 0 aliphatic carbocycles. The molecule has 38 heavy (non-hydrogen) atoms. The molecular formula is C29H33F3N2O3S. The Kier molecular flexibility index (Phi) is 9.54. The van der Waals surface area contributed by atoms with Gasteiger partial charge < -0.3 is 14.7 Å². The van der Waals surface area contributed by atoms with Crippen molar-refractivity contribution in [3.8, 4) is 5.75 Å². The van der Waals surface area contributed by atoms with Gasteiger partial charge in [0.25, 0.3) is 0 Å². The number of nitrogens with zero attached hydrogens (tertiary/aromatic N) is 2. The highest BCUT2D eigenvalue weighted by molar-refractivity contribution is 7.99. The largest absolute Gasteiger partial charge is 0.497 e. The fraction of sp³-hybridized carbons (Fsp3) is 0.448. The molecule has 2 aromatic carbocycles. The molecule has 2 atom stereocenters. The Balaban J connectivity index is 1.28. The second kappa shape index (κ2) is 12.8. The quantitative estimate of drug-likeness (QED) is 0.267. The minimum atomic E-state index is -4.33. The minimum absolute atomic E-state index is 0.0894. The van der Waals surface area contributed by atoms with Crippen LogP contribution in [0.2, 0.25) is 0 Å². The van der Waals surface area contributed by atoms with E-state index in [9.17, 15) is 23.1 Å². The summed E-state index contributed by atoms with van der Waals surface area (Å²) in [5.74, 6) is 1.22. The van der Waals surface area contributed by atoms with Gasteiger partial charge in [-0.2, -0.15) is 13.2 Å². The first-order valence-electron chi connectivity index (χ1n) is 12.9. The molecule has 0 amide bonds. The van der Waals surface area contributed by atoms with E-state index in [4.69, 9.17) is 4.74 Å². The van der Waals surface area contributed by atoms with Gasteiger partial charge in [-0.1, -0.05) is 0 Å². The second-order valence-electron chi connectivity index (χ2n) is 9.82. The first-order chi connectivity index (χ1) is 18.2. The number of pyridine rings is 1. The number of halogens is 3. The van der Waals surface area contributed by atoms with Crippen molar-refractivity contribution in [1.29, 1.82) is 0 Å². The summed E-state index contributed by atoms with van der Waals surface area (Å²) in [6.45, 7) is 2.42. The Bertz CT molecular complexity index is 1220. The number of fused-ring (bicyclic) bond motifs is 1. The number of piperidine rings is 1. The minimum Gasteiger partial charge on any atom is -0.497 e. The first kappa shape index (κ1) is 28.2. The average Bonchev–Trinajstić information content (AvgIpc) is 2.89. The van der Waals surface area contributed by atoms with Crippen LogP contribution in [0.15, 0.2) is 59.6 Å². The summed E-state index contributed by atoms with van der Waals surface area (Å²) in [4.78, 5) is 19.1. The number of aliphatic carboxylic acids is 1. The Morgan fingerprint density at radius 3 is 2.66 bits per heavy atom. The van der Waals surface area contributed by atoms with Crippen LogP contribution < -0.4 is 4.74 Å². The third kappa shape index (κ3) is 7.63. The van der Waals surface area contributed by atoms with Crippen LogP contribution in [0.25, 0.3) is 10.9 Å². The van der Waals surface area contributed by atoms with Crippen molar-refractivity contribution < 1.29 is 27.8 Å². The normalized spacial score (nSPS) is 18.5. The van der Waals surface area contributed by atoms with Crippen molar-refractivity contribution in [3.63, 3.8) is 0 Å². The van der Waals surface area contributed by atoms with Crippen LogP contribution in [0.3, 0.4) is 0 Å². The summed E-state index contributed by atoms with van der Waals surface area (Å²) >= 11 is 1.52. The molecular weight excluding hydrogens is 513 g/mol. The summed E-state index contributed by atoms with van der Waals surface area (Å²) < 4.78 is 43.7. The maximum atomic E-state index is 12.8. The standard InChI is InChI=1S/C29H33F3N2O3S/c1-37-24-7-10-27-26(18-24)21(11-13-33-27)4-2-3-20-12-14-34(19-22(20)17-28(35)36)15-16-38-25-8-5-23(6-9-25)29(30,31)32/h5-11,13,18,20,22H,2-4,12,14-17,19H2,1H3,(H,35,36)/t20-,22+/m1/s1. The lowest BCUT2D eigenvalue weighted by molar-refractivity contribution is -0.139. The van der Waals surface area contributed by atoms with Crippen molar-refractivity contribution in [3.05, 3.63) is 65.9 Å². The average molecular weight is 547 g/mol. The molecule has 1 aromatic heterocycles. The molecule has 4 rings (SSSR count). The van der Waals surface area contributed by atoms with E-state index < -0.39 is 17.7 Å². The van der Waals surface area contributed by atoms with Crippen LogP contribution in [0, 0.1) is 11.8 Å². The van der Waals surface area contributed by atoms with Crippen molar-refractivity contribution in [2.75, 3.05) is 32.5 Å². The molecule has 1 saturated heterocycles. The first-order valence-corrected chi connectivity index (χ1v) is 13.9. The van der Waals surface area contributed by atoms with E-state index in [1.165, 1.54) is 29.5 Å². The van der Waals surface area contributed by atoms with Crippen molar-refractivity contribution in [1.82, 2.24) is 9.88 Å². The number of carbonyl (C=O) groups is 1. The van der Waals surface area contributed by atoms with Crippen molar-refractivity contribution in [2.24, 2.45) is 11.8 Å². The molecule has 0 unspecified atom stereocenters. The molecule has 2 heterocycles. The zero-order valence-electron chi connectivity index (χ0n) is 21.4. The molecule has 9 heteroatoms. The van der Waals surface area contributed by atoms with Crippen LogP contribution in [0.4, 0.5) is 13.2 Å². The van der Waals surface area contributed by atoms with Crippen molar-refractivity contribution >= 4 is 28.6 Å². The fourth-order valence-electron chi connectivity index (χ4n) is 5.31. The number of thioether (sulfide) groups is 1. The number of hydrogen-bond donors (Lipinski definition) is 1. The fourth-order valence-corrected chi connectivity index (χ4v) is 6.22. The van der Waals surface area contributed by atoms with Crippen molar-refractivity contribution in [2.45, 2.75) is 43.2 Å². The lowest BCUT2D eigenvalue weighted by atomic mass is 9.80. The predicted octanol–water partition coefficient (Wildman–Crippen LogP) is 6.79. The Labute approximate surface area is 225 Å². The number of ether oxygens (including phenoxy) is 1. The summed E-state index contributed by atoms with van der Waals surface area (Å²) in [6, 6.07) is 13.2. The van der Waals surface area contributed by atoms with Gasteiger partial charge in [-0.25, -0.2) is 0 Å². The number of likely N-dealkylation sites (tertiary alicyclic amines) is 1. The van der Waals surface area contributed by atoms with Crippen LogP contribution in [-0.2, 0) is 17.4 Å². The summed E-state index contributed by atoms with van der Waals surface area (Å²) in [5.41, 5.74) is 1.52. The SMILES string of the molecule is COc1ccc2nccc(CCC[C@@H]3CCN(CCSc4ccc(C(F)(F)F)cc4)C[C@@H]3CC(=O)O)c2c1. The number of aryl methyl sites for hydroxylation is 1. The molecule has 0 spiro atoms. The van der Waals surface area contributed by atoms with E-state index in [2.05, 4.69) is 9.88 Å². The Morgan fingerprint density at radius 2 is 1.95 bits per heavy atom.